The van der Waals surface area contributed by atoms with Gasteiger partial charge in [0.25, 0.3) is 0 Å². The highest BCUT2D eigenvalue weighted by Crippen LogP contribution is 2.32. The predicted octanol–water partition coefficient (Wildman–Crippen LogP) is 5.26. The minimum atomic E-state index is -1.27. The van der Waals surface area contributed by atoms with Gasteiger partial charge in [-0.05, 0) is 55.9 Å². The third-order valence-corrected chi connectivity index (χ3v) is 7.50. The van der Waals surface area contributed by atoms with Gasteiger partial charge in [-0.15, -0.1) is 0 Å². The van der Waals surface area contributed by atoms with E-state index >= 15 is 0 Å². The highest BCUT2D eigenvalue weighted by atomic mass is 16.5. The molecule has 0 aromatic heterocycles. The second-order valence-corrected chi connectivity index (χ2v) is 10.7. The maximum absolute atomic E-state index is 12.6. The fourth-order valence-electron chi connectivity index (χ4n) is 5.34. The molecule has 4 aromatic carbocycles. The number of benzene rings is 4. The number of carbonyl (C=O) groups is 2. The zero-order chi connectivity index (χ0) is 32.1. The molecule has 0 saturated carbocycles. The Kier molecular flexibility index (Phi) is 11.5. The lowest BCUT2D eigenvalue weighted by atomic mass is 9.99. The largest absolute Gasteiger partial charge is 0.493 e. The van der Waals surface area contributed by atoms with E-state index in [0.717, 1.165) is 0 Å². The molecular weight excluding hydrogens is 588 g/mol. The Morgan fingerprint density at radius 1 is 0.587 bits per heavy atom. The molecule has 0 fully saturated rings. The van der Waals surface area contributed by atoms with Gasteiger partial charge >= 0.3 is 11.9 Å². The molecule has 10 heteroatoms. The van der Waals surface area contributed by atoms with Crippen LogP contribution in [0.25, 0.3) is 0 Å². The van der Waals surface area contributed by atoms with Crippen molar-refractivity contribution in [2.24, 2.45) is 0 Å². The molecule has 46 heavy (non-hydrogen) atoms. The minimum Gasteiger partial charge on any atom is -0.493 e. The molecule has 0 radical (unpaired) electrons. The quantitative estimate of drug-likeness (QED) is 0.205. The average molecular weight is 627 g/mol. The van der Waals surface area contributed by atoms with E-state index in [4.69, 9.17) is 18.9 Å². The van der Waals surface area contributed by atoms with E-state index < -0.39 is 36.2 Å². The maximum atomic E-state index is 12.6. The second-order valence-electron chi connectivity index (χ2n) is 10.7. The Morgan fingerprint density at radius 2 is 0.978 bits per heavy atom. The van der Waals surface area contributed by atoms with Crippen molar-refractivity contribution in [1.82, 2.24) is 10.6 Å². The second kappa shape index (κ2) is 16.3. The molecule has 10 nitrogen and oxygen atoms in total. The number of carboxylic acid groups (broad SMARTS) is 2. The first-order valence-corrected chi connectivity index (χ1v) is 15.3. The van der Waals surface area contributed by atoms with Gasteiger partial charge in [0, 0.05) is 17.5 Å². The van der Waals surface area contributed by atoms with Crippen LogP contribution >= 0.6 is 0 Å². The van der Waals surface area contributed by atoms with Crippen molar-refractivity contribution in [3.05, 3.63) is 120 Å². The molecule has 0 aliphatic carbocycles. The number of rotatable bonds is 8. The number of hydrogen-bond acceptors (Lipinski definition) is 8. The standard InChI is InChI=1S/C36H38N2O8/c39-35(40)33(45-25-13-3-1-4-14-25)31-27-17-7-9-19-29(27)43-23-12-24-44-30-20-10-8-18-28(30)32(38-22-11-21-37-31)34(36(41)42)46-26-15-5-2-6-16-26/h1-10,13-20,31-34,37-38H,11-12,21-24H2,(H,39,40)(H,41,42)/t31-,32-,33+,34+/m1/s1. The van der Waals surface area contributed by atoms with E-state index in [1.165, 1.54) is 0 Å². The number of aliphatic carboxylic acids is 2. The van der Waals surface area contributed by atoms with Gasteiger partial charge in [0.2, 0.25) is 12.2 Å². The molecule has 1 aliphatic rings. The molecule has 0 saturated heterocycles. The minimum absolute atomic E-state index is 0.305. The van der Waals surface area contributed by atoms with Crippen LogP contribution in [0, 0.1) is 0 Å². The summed E-state index contributed by atoms with van der Waals surface area (Å²) >= 11 is 0. The zero-order valence-electron chi connectivity index (χ0n) is 25.3. The van der Waals surface area contributed by atoms with E-state index in [0.29, 0.717) is 73.3 Å². The summed E-state index contributed by atoms with van der Waals surface area (Å²) in [7, 11) is 0. The van der Waals surface area contributed by atoms with Crippen molar-refractivity contribution in [2.45, 2.75) is 37.1 Å². The molecule has 4 atom stereocenters. The van der Waals surface area contributed by atoms with Gasteiger partial charge < -0.3 is 39.8 Å². The Morgan fingerprint density at radius 3 is 1.39 bits per heavy atom. The highest BCUT2D eigenvalue weighted by Gasteiger charge is 2.35. The molecule has 0 amide bonds. The van der Waals surface area contributed by atoms with Crippen molar-refractivity contribution >= 4 is 11.9 Å². The van der Waals surface area contributed by atoms with E-state index in [2.05, 4.69) is 10.6 Å². The smallest absolute Gasteiger partial charge is 0.346 e. The summed E-state index contributed by atoms with van der Waals surface area (Å²) in [4.78, 5) is 25.2. The lowest BCUT2D eigenvalue weighted by Crippen LogP contribution is -2.44. The summed E-state index contributed by atoms with van der Waals surface area (Å²) < 4.78 is 24.4. The lowest BCUT2D eigenvalue weighted by Gasteiger charge is -2.29. The van der Waals surface area contributed by atoms with Crippen molar-refractivity contribution in [3.63, 3.8) is 0 Å². The van der Waals surface area contributed by atoms with Gasteiger partial charge in [-0.2, -0.15) is 0 Å². The Labute approximate surface area is 267 Å². The highest BCUT2D eigenvalue weighted by molar-refractivity contribution is 5.75. The van der Waals surface area contributed by atoms with Gasteiger partial charge in [-0.1, -0.05) is 72.8 Å². The normalized spacial score (nSPS) is 18.7. The fraction of sp³-hybridized carbons (Fsp3) is 0.278. The van der Waals surface area contributed by atoms with Crippen LogP contribution in [0.2, 0.25) is 0 Å². The van der Waals surface area contributed by atoms with Crippen LogP contribution in [0.3, 0.4) is 0 Å². The number of fused-ring (bicyclic) bond motifs is 2. The first-order valence-electron chi connectivity index (χ1n) is 15.3. The summed E-state index contributed by atoms with van der Waals surface area (Å²) in [5.41, 5.74) is 1.30. The molecule has 4 aromatic rings. The van der Waals surface area contributed by atoms with Crippen LogP contribution in [0.5, 0.6) is 23.0 Å². The van der Waals surface area contributed by atoms with E-state index in [1.54, 1.807) is 48.5 Å². The maximum Gasteiger partial charge on any atom is 0.346 e. The zero-order valence-corrected chi connectivity index (χ0v) is 25.3. The van der Waals surface area contributed by atoms with Gasteiger partial charge in [-0.25, -0.2) is 9.59 Å². The summed E-state index contributed by atoms with van der Waals surface area (Å²) in [6, 6.07) is 30.8. The summed E-state index contributed by atoms with van der Waals surface area (Å²) in [6.45, 7) is 1.38. The van der Waals surface area contributed by atoms with E-state index in [1.807, 2.05) is 60.7 Å². The number of carboxylic acids is 2. The van der Waals surface area contributed by atoms with Gasteiger partial charge in [0.15, 0.2) is 0 Å². The third kappa shape index (κ3) is 8.56. The molecule has 1 aliphatic heterocycles. The lowest BCUT2D eigenvalue weighted by molar-refractivity contribution is -0.147. The predicted molar refractivity (Wildman–Crippen MR) is 172 cm³/mol. The van der Waals surface area contributed by atoms with Crippen LogP contribution < -0.4 is 29.6 Å². The van der Waals surface area contributed by atoms with Crippen molar-refractivity contribution in [1.29, 1.82) is 0 Å². The number of para-hydroxylation sites is 4. The summed E-state index contributed by atoms with van der Waals surface area (Å²) in [5.74, 6) is -0.291. The SMILES string of the molecule is O=C(O)[C@@H](Oc1ccccc1)[C@@H]1NCCCN[C@@H]([C@H](Oc2ccccc2)C(=O)O)c2ccccc2OCCCOc2ccccc21. The third-order valence-electron chi connectivity index (χ3n) is 7.50. The van der Waals surface area contributed by atoms with Gasteiger partial charge in [0.05, 0.1) is 25.3 Å². The molecule has 1 heterocycles. The first-order chi connectivity index (χ1) is 22.5. The molecule has 240 valence electrons. The molecule has 4 N–H and O–H groups in total. The molecule has 0 unspecified atom stereocenters. The van der Waals surface area contributed by atoms with Crippen LogP contribution in [-0.2, 0) is 9.59 Å². The molecule has 5 rings (SSSR count). The molecule has 0 spiro atoms. The average Bonchev–Trinajstić information content (AvgIpc) is 3.07. The fourth-order valence-corrected chi connectivity index (χ4v) is 5.34. The van der Waals surface area contributed by atoms with Crippen LogP contribution in [0.1, 0.15) is 36.1 Å². The van der Waals surface area contributed by atoms with Crippen LogP contribution in [-0.4, -0.2) is 60.7 Å². The van der Waals surface area contributed by atoms with Gasteiger partial charge in [-0.3, -0.25) is 0 Å². The number of nitrogens with one attached hydrogen (secondary N) is 2. The first kappa shape index (κ1) is 32.3. The molecular formula is C36H38N2O8. The Balaban J connectivity index is 1.43. The van der Waals surface area contributed by atoms with Gasteiger partial charge in [0.1, 0.15) is 23.0 Å². The number of hydrogen-bond donors (Lipinski definition) is 4. The van der Waals surface area contributed by atoms with Crippen molar-refractivity contribution in [2.75, 3.05) is 26.3 Å². The Hall–Kier alpha value is -5.06. The summed E-state index contributed by atoms with van der Waals surface area (Å²) in [5, 5.41) is 27.4. The van der Waals surface area contributed by atoms with Crippen LogP contribution in [0.15, 0.2) is 109 Å². The molecule has 0 bridgehead atoms. The number of ether oxygens (including phenoxy) is 4. The van der Waals surface area contributed by atoms with Crippen molar-refractivity contribution in [3.8, 4) is 23.0 Å². The van der Waals surface area contributed by atoms with Crippen LogP contribution in [0.4, 0.5) is 0 Å². The topological polar surface area (TPSA) is 136 Å². The van der Waals surface area contributed by atoms with E-state index in [-0.39, 0.29) is 0 Å². The van der Waals surface area contributed by atoms with E-state index in [9.17, 15) is 19.8 Å². The monoisotopic (exact) mass is 626 g/mol. The Bertz CT molecular complexity index is 1440. The summed E-state index contributed by atoms with van der Waals surface area (Å²) in [6.07, 6.45) is -1.49. The van der Waals surface area contributed by atoms with Crippen molar-refractivity contribution < 1.29 is 38.7 Å².